The molecule has 108 valence electrons. The molecule has 0 saturated heterocycles. The molecule has 3 nitrogen and oxygen atoms in total. The van der Waals surface area contributed by atoms with E-state index in [2.05, 4.69) is 30.1 Å². The van der Waals surface area contributed by atoms with Gasteiger partial charge < -0.3 is 9.84 Å². The van der Waals surface area contributed by atoms with Crippen LogP contribution in [0.5, 0.6) is 11.5 Å². The molecule has 21 heavy (non-hydrogen) atoms. The topological polar surface area (TPSA) is 32.7 Å². The number of benzene rings is 2. The molecule has 0 saturated carbocycles. The van der Waals surface area contributed by atoms with Crippen molar-refractivity contribution in [3.63, 3.8) is 0 Å². The maximum atomic E-state index is 10.3. The number of ether oxygens (including phenoxy) is 1. The fraction of sp³-hybridized carbons (Fsp3) is 0.333. The summed E-state index contributed by atoms with van der Waals surface area (Å²) in [6.07, 6.45) is 2.00. The average Bonchev–Trinajstić information content (AvgIpc) is 2.50. The van der Waals surface area contributed by atoms with E-state index in [0.29, 0.717) is 11.8 Å². The fourth-order valence-corrected chi connectivity index (χ4v) is 3.82. The number of fused-ring (bicyclic) bond motifs is 2. The summed E-state index contributed by atoms with van der Waals surface area (Å²) in [4.78, 5) is 2.42. The summed E-state index contributed by atoms with van der Waals surface area (Å²) in [7, 11) is 3.89. The fourth-order valence-electron chi connectivity index (χ4n) is 3.82. The Morgan fingerprint density at radius 3 is 2.90 bits per heavy atom. The van der Waals surface area contributed by atoms with Gasteiger partial charge in [-0.15, -0.1) is 0 Å². The van der Waals surface area contributed by atoms with Gasteiger partial charge in [-0.05, 0) is 60.3 Å². The van der Waals surface area contributed by atoms with Crippen LogP contribution in [0.25, 0.3) is 11.1 Å². The molecular weight excluding hydrogens is 262 g/mol. The monoisotopic (exact) mass is 281 g/mol. The van der Waals surface area contributed by atoms with Crippen LogP contribution in [-0.2, 0) is 12.8 Å². The Morgan fingerprint density at radius 2 is 2.10 bits per heavy atom. The molecule has 0 spiro atoms. The summed E-state index contributed by atoms with van der Waals surface area (Å²) in [5, 5.41) is 10.3. The minimum Gasteiger partial charge on any atom is -0.507 e. The van der Waals surface area contributed by atoms with E-state index in [4.69, 9.17) is 4.74 Å². The van der Waals surface area contributed by atoms with Gasteiger partial charge in [0.1, 0.15) is 11.5 Å². The Morgan fingerprint density at radius 1 is 1.24 bits per heavy atom. The number of hydrogen-bond donors (Lipinski definition) is 1. The molecule has 0 radical (unpaired) electrons. The largest absolute Gasteiger partial charge is 0.507 e. The van der Waals surface area contributed by atoms with Crippen LogP contribution in [0.4, 0.5) is 0 Å². The van der Waals surface area contributed by atoms with Crippen LogP contribution in [0.1, 0.15) is 22.7 Å². The zero-order chi connectivity index (χ0) is 14.6. The second-order valence-electron chi connectivity index (χ2n) is 6.01. The highest BCUT2D eigenvalue weighted by molar-refractivity contribution is 5.81. The highest BCUT2D eigenvalue weighted by Gasteiger charge is 2.34. The molecule has 0 aromatic heterocycles. The Hall–Kier alpha value is -2.00. The number of hydrogen-bond acceptors (Lipinski definition) is 3. The predicted octanol–water partition coefficient (Wildman–Crippen LogP) is 3.15. The third-order valence-electron chi connectivity index (χ3n) is 4.89. The molecule has 1 aliphatic heterocycles. The van der Waals surface area contributed by atoms with Crippen molar-refractivity contribution in [3.05, 3.63) is 47.0 Å². The maximum Gasteiger partial charge on any atom is 0.123 e. The summed E-state index contributed by atoms with van der Waals surface area (Å²) < 4.78 is 5.47. The van der Waals surface area contributed by atoms with Gasteiger partial charge in [-0.1, -0.05) is 12.1 Å². The lowest BCUT2D eigenvalue weighted by Gasteiger charge is -2.40. The number of nitrogens with zero attached hydrogens (tertiary/aromatic N) is 1. The van der Waals surface area contributed by atoms with Crippen molar-refractivity contribution in [2.45, 2.75) is 18.9 Å². The van der Waals surface area contributed by atoms with Crippen molar-refractivity contribution < 1.29 is 9.84 Å². The number of phenols is 1. The second kappa shape index (κ2) is 4.50. The first-order valence-corrected chi connectivity index (χ1v) is 7.41. The van der Waals surface area contributed by atoms with Gasteiger partial charge >= 0.3 is 0 Å². The summed E-state index contributed by atoms with van der Waals surface area (Å²) in [5.74, 6) is 1.25. The van der Waals surface area contributed by atoms with Crippen LogP contribution in [0.2, 0.25) is 0 Å². The first-order chi connectivity index (χ1) is 10.2. The number of likely N-dealkylation sites (N-methyl/N-ethyl adjacent to an activating group) is 1. The standard InChI is InChI=1S/C18H19NO2/c1-19-7-6-12-8-13(21-2)10-14-17(12)15(19)9-11-4-3-5-16(20)18(11)14/h3-5,8,10,15,20H,6-7,9H2,1-2H3. The second-order valence-corrected chi connectivity index (χ2v) is 6.01. The van der Waals surface area contributed by atoms with E-state index in [9.17, 15) is 5.11 Å². The summed E-state index contributed by atoms with van der Waals surface area (Å²) >= 11 is 0. The van der Waals surface area contributed by atoms with Gasteiger partial charge in [0.25, 0.3) is 0 Å². The van der Waals surface area contributed by atoms with E-state index in [-0.39, 0.29) is 0 Å². The first-order valence-electron chi connectivity index (χ1n) is 7.41. The molecular formula is C18H19NO2. The van der Waals surface area contributed by atoms with Gasteiger partial charge in [0.2, 0.25) is 0 Å². The third-order valence-corrected chi connectivity index (χ3v) is 4.89. The number of rotatable bonds is 1. The van der Waals surface area contributed by atoms with Crippen molar-refractivity contribution in [1.82, 2.24) is 4.90 Å². The SMILES string of the molecule is COc1cc2c3c(c1)-c1c(O)cccc1CC3N(C)CC2. The van der Waals surface area contributed by atoms with Crippen molar-refractivity contribution >= 4 is 0 Å². The predicted molar refractivity (Wildman–Crippen MR) is 82.9 cm³/mol. The van der Waals surface area contributed by atoms with Crippen LogP contribution in [-0.4, -0.2) is 30.7 Å². The zero-order valence-electron chi connectivity index (χ0n) is 12.4. The van der Waals surface area contributed by atoms with Crippen LogP contribution < -0.4 is 4.74 Å². The molecule has 0 bridgehead atoms. The molecule has 2 aromatic carbocycles. The van der Waals surface area contributed by atoms with E-state index >= 15 is 0 Å². The number of phenolic OH excluding ortho intramolecular Hbond substituents is 1. The molecule has 2 aliphatic rings. The Bertz CT molecular complexity index is 723. The molecule has 1 heterocycles. The van der Waals surface area contributed by atoms with Gasteiger partial charge in [0.05, 0.1) is 7.11 Å². The van der Waals surface area contributed by atoms with Crippen molar-refractivity contribution in [2.75, 3.05) is 20.7 Å². The zero-order valence-corrected chi connectivity index (χ0v) is 12.4. The summed E-state index contributed by atoms with van der Waals surface area (Å²) in [6.45, 7) is 1.07. The number of aromatic hydroxyl groups is 1. The van der Waals surface area contributed by atoms with Crippen LogP contribution in [0, 0.1) is 0 Å². The van der Waals surface area contributed by atoms with Gasteiger partial charge in [-0.2, -0.15) is 0 Å². The lowest BCUT2D eigenvalue weighted by atomic mass is 9.77. The molecule has 0 fully saturated rings. The first kappa shape index (κ1) is 12.7. The average molecular weight is 281 g/mol. The van der Waals surface area contributed by atoms with Gasteiger partial charge in [-0.25, -0.2) is 0 Å². The molecule has 1 atom stereocenters. The maximum absolute atomic E-state index is 10.3. The smallest absolute Gasteiger partial charge is 0.123 e. The summed E-state index contributed by atoms with van der Waals surface area (Å²) in [6, 6.07) is 10.5. The number of methoxy groups -OCH3 is 1. The van der Waals surface area contributed by atoms with Gasteiger partial charge in [-0.3, -0.25) is 4.90 Å². The molecule has 2 aromatic rings. The lowest BCUT2D eigenvalue weighted by molar-refractivity contribution is 0.227. The Labute approximate surface area is 124 Å². The van der Waals surface area contributed by atoms with E-state index < -0.39 is 0 Å². The van der Waals surface area contributed by atoms with Crippen molar-refractivity contribution in [1.29, 1.82) is 0 Å². The van der Waals surface area contributed by atoms with Gasteiger partial charge in [0.15, 0.2) is 0 Å². The third kappa shape index (κ3) is 1.77. The highest BCUT2D eigenvalue weighted by Crippen LogP contribution is 2.48. The molecule has 1 aliphatic carbocycles. The molecule has 1 N–H and O–H groups in total. The Kier molecular flexibility index (Phi) is 2.73. The normalized spacial score (nSPS) is 19.8. The highest BCUT2D eigenvalue weighted by atomic mass is 16.5. The molecule has 0 amide bonds. The van der Waals surface area contributed by atoms with Crippen molar-refractivity contribution in [3.8, 4) is 22.6 Å². The van der Waals surface area contributed by atoms with Crippen LogP contribution in [0.15, 0.2) is 30.3 Å². The Balaban J connectivity index is 2.05. The van der Waals surface area contributed by atoms with Crippen LogP contribution in [0.3, 0.4) is 0 Å². The van der Waals surface area contributed by atoms with E-state index in [1.807, 2.05) is 6.07 Å². The summed E-state index contributed by atoms with van der Waals surface area (Å²) in [5.41, 5.74) is 6.08. The quantitative estimate of drug-likeness (QED) is 0.871. The minimum absolute atomic E-state index is 0.370. The van der Waals surface area contributed by atoms with Crippen LogP contribution >= 0.6 is 0 Å². The molecule has 4 rings (SSSR count). The van der Waals surface area contributed by atoms with Crippen molar-refractivity contribution in [2.24, 2.45) is 0 Å². The molecule has 3 heteroatoms. The minimum atomic E-state index is 0.370. The van der Waals surface area contributed by atoms with E-state index in [1.54, 1.807) is 13.2 Å². The lowest BCUT2D eigenvalue weighted by Crippen LogP contribution is -2.35. The molecule has 1 unspecified atom stereocenters. The van der Waals surface area contributed by atoms with Gasteiger partial charge in [0, 0.05) is 18.2 Å². The van der Waals surface area contributed by atoms with E-state index in [0.717, 1.165) is 36.3 Å². The van der Waals surface area contributed by atoms with E-state index in [1.165, 1.54) is 16.7 Å².